The van der Waals surface area contributed by atoms with Gasteiger partial charge in [-0.2, -0.15) is 0 Å². The van der Waals surface area contributed by atoms with Crippen molar-refractivity contribution in [2.45, 2.75) is 179 Å². The molecular weight excluding hydrogens is 748 g/mol. The maximum absolute atomic E-state index is 14.2. The summed E-state index contributed by atoms with van der Waals surface area (Å²) in [6, 6.07) is -0.319. The molecule has 0 bridgehead atoms. The SMILES string of the molecule is CC[C@H]1OC(=O)[C@H](C)[C@@H](O[C@H]2C[C@@](C)(OC)[C@@H](O)[C@H](C)O2)C[C@@H](O[C@@H]2O[C@H](C)C[C@H](N(C)C)[C@H]2O)[C@](C)(O)C[C@@H](C)/C(=N/OCOCCOC)[C@H](C)[C@@H](O)[C@]1(C)O. The van der Waals surface area contributed by atoms with Crippen molar-refractivity contribution in [3.05, 3.63) is 0 Å². The van der Waals surface area contributed by atoms with Gasteiger partial charge >= 0.3 is 5.97 Å². The zero-order chi connectivity index (χ0) is 43.0. The van der Waals surface area contributed by atoms with Gasteiger partial charge in [-0.15, -0.1) is 0 Å². The molecule has 3 heterocycles. The second kappa shape index (κ2) is 21.3. The summed E-state index contributed by atoms with van der Waals surface area (Å²) in [6.45, 7) is 15.5. The van der Waals surface area contributed by atoms with Crippen LogP contribution >= 0.6 is 0 Å². The number of hydrogen-bond donors (Lipinski definition) is 5. The second-order valence-corrected chi connectivity index (χ2v) is 17.3. The first kappa shape index (κ1) is 49.8. The van der Waals surface area contributed by atoms with E-state index in [2.05, 4.69) is 5.16 Å². The number of methoxy groups -OCH3 is 2. The second-order valence-electron chi connectivity index (χ2n) is 17.3. The molecule has 0 amide bonds. The summed E-state index contributed by atoms with van der Waals surface area (Å²) in [5.41, 5.74) is -4.44. The largest absolute Gasteiger partial charge is 0.459 e. The van der Waals surface area contributed by atoms with E-state index in [1.807, 2.05) is 32.8 Å². The Kier molecular flexibility index (Phi) is 18.6. The number of carbonyl (C=O) groups excluding carboxylic acids is 1. The fourth-order valence-electron chi connectivity index (χ4n) is 8.34. The van der Waals surface area contributed by atoms with Crippen molar-refractivity contribution in [2.24, 2.45) is 22.9 Å². The zero-order valence-electron chi connectivity index (χ0n) is 36.5. The van der Waals surface area contributed by atoms with Crippen molar-refractivity contribution in [1.29, 1.82) is 0 Å². The molecule has 57 heavy (non-hydrogen) atoms. The van der Waals surface area contributed by atoms with Crippen LogP contribution in [-0.4, -0.2) is 175 Å². The number of cyclic esters (lactones) is 1. The smallest absolute Gasteiger partial charge is 0.311 e. The third-order valence-corrected chi connectivity index (χ3v) is 12.2. The predicted octanol–water partition coefficient (Wildman–Crippen LogP) is 1.96. The van der Waals surface area contributed by atoms with Crippen LogP contribution in [0.4, 0.5) is 0 Å². The number of aliphatic hydroxyl groups is 5. The lowest BCUT2D eigenvalue weighted by atomic mass is 9.75. The van der Waals surface area contributed by atoms with Crippen LogP contribution in [-0.2, 0) is 47.5 Å². The van der Waals surface area contributed by atoms with E-state index < -0.39 is 95.8 Å². The number of carbonyl (C=O) groups is 1. The molecule has 0 spiro atoms. The van der Waals surface area contributed by atoms with Gasteiger partial charge in [-0.25, -0.2) is 0 Å². The minimum absolute atomic E-state index is 0.0211. The minimum atomic E-state index is -1.96. The van der Waals surface area contributed by atoms with E-state index in [0.29, 0.717) is 18.7 Å². The van der Waals surface area contributed by atoms with Gasteiger partial charge in [0.25, 0.3) is 0 Å². The molecule has 3 aliphatic rings. The van der Waals surface area contributed by atoms with Crippen molar-refractivity contribution >= 4 is 11.7 Å². The fraction of sp³-hybridized carbons (Fsp3) is 0.950. The molecule has 17 atom stereocenters. The van der Waals surface area contributed by atoms with Crippen LogP contribution in [0, 0.1) is 17.8 Å². The van der Waals surface area contributed by atoms with Crippen molar-refractivity contribution in [3.8, 4) is 0 Å². The Morgan fingerprint density at radius 3 is 2.16 bits per heavy atom. The van der Waals surface area contributed by atoms with E-state index in [0.717, 1.165) is 0 Å². The van der Waals surface area contributed by atoms with Crippen LogP contribution in [0.15, 0.2) is 5.16 Å². The summed E-state index contributed by atoms with van der Waals surface area (Å²) >= 11 is 0. The Balaban J connectivity index is 2.17. The van der Waals surface area contributed by atoms with Crippen LogP contribution in [0.5, 0.6) is 0 Å². The minimum Gasteiger partial charge on any atom is -0.459 e. The predicted molar refractivity (Wildman–Crippen MR) is 208 cm³/mol. The summed E-state index contributed by atoms with van der Waals surface area (Å²) in [5.74, 6) is -3.25. The zero-order valence-corrected chi connectivity index (χ0v) is 36.5. The van der Waals surface area contributed by atoms with Crippen LogP contribution in [0.1, 0.15) is 94.4 Å². The van der Waals surface area contributed by atoms with Gasteiger partial charge in [0.05, 0.1) is 66.6 Å². The lowest BCUT2D eigenvalue weighted by Gasteiger charge is -2.47. The lowest BCUT2D eigenvalue weighted by Crippen LogP contribution is -2.59. The number of oxime groups is 1. The number of hydrogen-bond acceptors (Lipinski definition) is 17. The van der Waals surface area contributed by atoms with E-state index in [-0.39, 0.29) is 51.2 Å². The summed E-state index contributed by atoms with van der Waals surface area (Å²) < 4.78 is 47.7. The highest BCUT2D eigenvalue weighted by Crippen LogP contribution is 2.39. The molecule has 3 fully saturated rings. The average molecular weight is 823 g/mol. The number of nitrogens with zero attached hydrogens (tertiary/aromatic N) is 2. The maximum atomic E-state index is 14.2. The molecule has 0 aromatic rings. The molecule has 3 rings (SSSR count). The third-order valence-electron chi connectivity index (χ3n) is 12.2. The Labute approximate surface area is 339 Å². The Bertz CT molecular complexity index is 1270. The molecular formula is C40H74N2O15. The van der Waals surface area contributed by atoms with Gasteiger partial charge in [0.15, 0.2) is 12.6 Å². The van der Waals surface area contributed by atoms with Gasteiger partial charge < -0.3 is 73.2 Å². The summed E-state index contributed by atoms with van der Waals surface area (Å²) in [6.07, 6.45) is -9.44. The number of rotatable bonds is 13. The van der Waals surface area contributed by atoms with Gasteiger partial charge in [-0.3, -0.25) is 4.79 Å². The summed E-state index contributed by atoms with van der Waals surface area (Å²) in [7, 11) is 6.75. The third kappa shape index (κ3) is 12.5. The highest BCUT2D eigenvalue weighted by molar-refractivity contribution is 5.88. The van der Waals surface area contributed by atoms with Crippen molar-refractivity contribution in [2.75, 3.05) is 48.3 Å². The Morgan fingerprint density at radius 2 is 1.56 bits per heavy atom. The van der Waals surface area contributed by atoms with Crippen LogP contribution < -0.4 is 0 Å². The highest BCUT2D eigenvalue weighted by Gasteiger charge is 2.51. The molecule has 0 unspecified atom stereocenters. The molecule has 3 saturated heterocycles. The van der Waals surface area contributed by atoms with Gasteiger partial charge in [-0.1, -0.05) is 25.9 Å². The normalized spacial score (nSPS) is 45.1. The first-order valence-electron chi connectivity index (χ1n) is 20.3. The number of likely N-dealkylation sites (N-methyl/N-ethyl adjacent to an activating group) is 1. The van der Waals surface area contributed by atoms with Crippen LogP contribution in [0.2, 0.25) is 0 Å². The van der Waals surface area contributed by atoms with Crippen molar-refractivity contribution in [1.82, 2.24) is 4.90 Å². The van der Waals surface area contributed by atoms with Crippen LogP contribution in [0.3, 0.4) is 0 Å². The maximum Gasteiger partial charge on any atom is 0.311 e. The van der Waals surface area contributed by atoms with E-state index >= 15 is 0 Å². The fourth-order valence-corrected chi connectivity index (χ4v) is 8.34. The lowest BCUT2D eigenvalue weighted by molar-refractivity contribution is -0.307. The van der Waals surface area contributed by atoms with E-state index in [1.165, 1.54) is 14.0 Å². The van der Waals surface area contributed by atoms with Gasteiger partial charge in [0, 0.05) is 44.9 Å². The molecule has 0 aromatic heterocycles. The average Bonchev–Trinajstić information content (AvgIpc) is 3.14. The van der Waals surface area contributed by atoms with Gasteiger partial charge in [-0.05, 0) is 74.9 Å². The molecule has 0 aliphatic carbocycles. The molecule has 3 aliphatic heterocycles. The van der Waals surface area contributed by atoms with E-state index in [1.54, 1.807) is 48.7 Å². The summed E-state index contributed by atoms with van der Waals surface area (Å²) in [5, 5.41) is 63.1. The molecule has 17 nitrogen and oxygen atoms in total. The molecule has 17 heteroatoms. The first-order chi connectivity index (χ1) is 26.5. The van der Waals surface area contributed by atoms with Gasteiger partial charge in [0.2, 0.25) is 6.79 Å². The van der Waals surface area contributed by atoms with Gasteiger partial charge in [0.1, 0.15) is 23.9 Å². The first-order valence-corrected chi connectivity index (χ1v) is 20.3. The number of ether oxygens (including phenoxy) is 8. The topological polar surface area (TPSA) is 217 Å². The molecule has 5 N–H and O–H groups in total. The number of esters is 1. The van der Waals surface area contributed by atoms with E-state index in [4.69, 9.17) is 42.7 Å². The Morgan fingerprint density at radius 1 is 0.895 bits per heavy atom. The summed E-state index contributed by atoms with van der Waals surface area (Å²) in [4.78, 5) is 21.6. The van der Waals surface area contributed by atoms with Crippen LogP contribution in [0.25, 0.3) is 0 Å². The molecule has 0 radical (unpaired) electrons. The monoisotopic (exact) mass is 823 g/mol. The van der Waals surface area contributed by atoms with Crippen molar-refractivity contribution < 1.29 is 73.1 Å². The standard InChI is InChI=1S/C40H74N2O15/c1-14-29-40(9,48)34(44)25(5)32(41-52-21-51-16-15-49-12)22(2)19-38(7,47)30(57-37-33(43)27(42(10)11)17-23(3)53-37)18-28(24(4)36(46)56-29)55-31-20-39(8,50-13)35(45)26(6)54-31/h22-31,33-35,37,43-45,47-48H,14-21H2,1-13H3/b41-32-/t22-,23-,24-,25+,26+,27+,28+,29-,30-,31+,33-,34-,35+,37+,38-,39-,40-/m1/s1. The quantitative estimate of drug-likeness (QED) is 0.0777. The Hall–Kier alpha value is -1.58. The number of aliphatic hydroxyl groups excluding tert-OH is 3. The molecule has 0 saturated carbocycles. The molecule has 334 valence electrons. The molecule has 0 aromatic carbocycles. The van der Waals surface area contributed by atoms with E-state index in [9.17, 15) is 30.3 Å². The highest BCUT2D eigenvalue weighted by atomic mass is 16.7. The van der Waals surface area contributed by atoms with Crippen molar-refractivity contribution in [3.63, 3.8) is 0 Å².